The van der Waals surface area contributed by atoms with Crippen molar-refractivity contribution < 1.29 is 8.42 Å². The molecule has 0 saturated heterocycles. The summed E-state index contributed by atoms with van der Waals surface area (Å²) in [6.45, 7) is 0.290. The third-order valence-corrected chi connectivity index (χ3v) is 4.76. The van der Waals surface area contributed by atoms with E-state index in [0.717, 1.165) is 19.3 Å². The second-order valence-corrected chi connectivity index (χ2v) is 6.70. The number of nitrogens with two attached hydrogens (primary N) is 1. The Bertz CT molecular complexity index is 498. The van der Waals surface area contributed by atoms with Crippen LogP contribution in [0.5, 0.6) is 0 Å². The van der Waals surface area contributed by atoms with Crippen LogP contribution in [0.2, 0.25) is 5.02 Å². The summed E-state index contributed by atoms with van der Waals surface area (Å²) in [6, 6.07) is 6.07. The van der Waals surface area contributed by atoms with Gasteiger partial charge in [0, 0.05) is 17.1 Å². The normalized spacial score (nSPS) is 17.7. The van der Waals surface area contributed by atoms with Crippen LogP contribution in [0.25, 0.3) is 0 Å². The van der Waals surface area contributed by atoms with Crippen LogP contribution in [0, 0.1) is 0 Å². The molecule has 0 bridgehead atoms. The first-order chi connectivity index (χ1) is 7.91. The van der Waals surface area contributed by atoms with Crippen molar-refractivity contribution in [3.05, 3.63) is 29.3 Å². The number of hydrogen-bond donors (Lipinski definition) is 2. The minimum Gasteiger partial charge on any atom is -0.324 e. The van der Waals surface area contributed by atoms with Crippen LogP contribution in [0.1, 0.15) is 19.3 Å². The van der Waals surface area contributed by atoms with Crippen molar-refractivity contribution >= 4 is 34.0 Å². The van der Waals surface area contributed by atoms with Gasteiger partial charge in [-0.2, -0.15) is 0 Å². The van der Waals surface area contributed by atoms with Crippen LogP contribution in [0.3, 0.4) is 0 Å². The number of halogens is 2. The Kier molecular flexibility index (Phi) is 5.03. The van der Waals surface area contributed by atoms with Crippen molar-refractivity contribution in [1.29, 1.82) is 0 Å². The molecule has 0 radical (unpaired) electrons. The van der Waals surface area contributed by atoms with Crippen molar-refractivity contribution in [2.45, 2.75) is 29.7 Å². The fourth-order valence-electron chi connectivity index (χ4n) is 1.74. The molecule has 2 rings (SSSR count). The zero-order valence-corrected chi connectivity index (χ0v) is 12.1. The summed E-state index contributed by atoms with van der Waals surface area (Å²) in [5, 5.41) is 0.512. The molecule has 3 N–H and O–H groups in total. The lowest BCUT2D eigenvalue weighted by Crippen LogP contribution is -2.54. The zero-order valence-electron chi connectivity index (χ0n) is 9.73. The summed E-state index contributed by atoms with van der Waals surface area (Å²) >= 11 is 5.71. The largest absolute Gasteiger partial charge is 0.324 e. The van der Waals surface area contributed by atoms with Crippen LogP contribution in [-0.4, -0.2) is 20.5 Å². The molecule has 18 heavy (non-hydrogen) atoms. The van der Waals surface area contributed by atoms with Gasteiger partial charge >= 0.3 is 0 Å². The molecule has 0 aromatic heterocycles. The van der Waals surface area contributed by atoms with Gasteiger partial charge in [-0.25, -0.2) is 13.1 Å². The van der Waals surface area contributed by atoms with E-state index < -0.39 is 10.0 Å². The topological polar surface area (TPSA) is 72.2 Å². The van der Waals surface area contributed by atoms with Crippen molar-refractivity contribution in [3.63, 3.8) is 0 Å². The van der Waals surface area contributed by atoms with Gasteiger partial charge in [0.05, 0.1) is 4.90 Å². The molecule has 0 atom stereocenters. The molecule has 0 amide bonds. The molecule has 7 heteroatoms. The minimum atomic E-state index is -3.48. The van der Waals surface area contributed by atoms with Crippen LogP contribution in [0.4, 0.5) is 0 Å². The van der Waals surface area contributed by atoms with Gasteiger partial charge in [0.15, 0.2) is 0 Å². The second kappa shape index (κ2) is 5.75. The fraction of sp³-hybridized carbons (Fsp3) is 0.455. The maximum absolute atomic E-state index is 11.9. The van der Waals surface area contributed by atoms with Crippen molar-refractivity contribution in [2.75, 3.05) is 6.54 Å². The smallest absolute Gasteiger partial charge is 0.240 e. The summed E-state index contributed by atoms with van der Waals surface area (Å²) in [4.78, 5) is 0.213. The lowest BCUT2D eigenvalue weighted by molar-refractivity contribution is 0.251. The summed E-state index contributed by atoms with van der Waals surface area (Å²) in [7, 11) is -3.48. The van der Waals surface area contributed by atoms with Gasteiger partial charge in [-0.1, -0.05) is 11.6 Å². The Morgan fingerprint density at radius 1 is 1.28 bits per heavy atom. The number of hydrogen-bond acceptors (Lipinski definition) is 3. The zero-order chi connectivity index (χ0) is 12.5. The van der Waals surface area contributed by atoms with E-state index >= 15 is 0 Å². The maximum atomic E-state index is 11.9. The minimum absolute atomic E-state index is 0. The molecular formula is C11H16Cl2N2O2S. The molecule has 0 spiro atoms. The molecule has 1 saturated carbocycles. The summed E-state index contributed by atoms with van der Waals surface area (Å²) < 4.78 is 26.4. The Balaban J connectivity index is 0.00000162. The first-order valence-corrected chi connectivity index (χ1v) is 7.32. The van der Waals surface area contributed by atoms with Crippen LogP contribution in [-0.2, 0) is 10.0 Å². The molecule has 1 aliphatic carbocycles. The van der Waals surface area contributed by atoms with Crippen LogP contribution >= 0.6 is 24.0 Å². The van der Waals surface area contributed by atoms with Gasteiger partial charge < -0.3 is 5.73 Å². The SMILES string of the molecule is Cl.NC1(CNS(=O)(=O)c2ccc(Cl)cc2)CCC1. The molecule has 0 aliphatic heterocycles. The van der Waals surface area contributed by atoms with Crippen LogP contribution < -0.4 is 10.5 Å². The van der Waals surface area contributed by atoms with E-state index in [4.69, 9.17) is 17.3 Å². The van der Waals surface area contributed by atoms with E-state index in [1.54, 1.807) is 12.1 Å². The summed E-state index contributed by atoms with van der Waals surface area (Å²) in [6.07, 6.45) is 2.81. The number of nitrogens with one attached hydrogen (secondary N) is 1. The Labute approximate surface area is 118 Å². The van der Waals surface area contributed by atoms with Gasteiger partial charge in [0.1, 0.15) is 0 Å². The highest BCUT2D eigenvalue weighted by Crippen LogP contribution is 2.28. The first-order valence-electron chi connectivity index (χ1n) is 5.45. The summed E-state index contributed by atoms with van der Waals surface area (Å²) in [5.41, 5.74) is 5.60. The predicted molar refractivity (Wildman–Crippen MR) is 74.7 cm³/mol. The van der Waals surface area contributed by atoms with Gasteiger partial charge in [0.25, 0.3) is 0 Å². The molecule has 1 aromatic carbocycles. The molecule has 1 aromatic rings. The number of benzene rings is 1. The van der Waals surface area contributed by atoms with Crippen LogP contribution in [0.15, 0.2) is 29.2 Å². The average molecular weight is 311 g/mol. The standard InChI is InChI=1S/C11H15ClN2O2S.ClH/c12-9-2-4-10(5-3-9)17(15,16)14-8-11(13)6-1-7-11;/h2-5,14H,1,6-8,13H2;1H. The molecular weight excluding hydrogens is 295 g/mol. The van der Waals surface area contributed by atoms with Gasteiger partial charge in [-0.3, -0.25) is 0 Å². The number of rotatable bonds is 4. The van der Waals surface area contributed by atoms with E-state index in [1.807, 2.05) is 0 Å². The Morgan fingerprint density at radius 2 is 1.83 bits per heavy atom. The van der Waals surface area contributed by atoms with E-state index in [9.17, 15) is 8.42 Å². The Hall–Kier alpha value is -0.330. The highest BCUT2D eigenvalue weighted by atomic mass is 35.5. The molecule has 0 heterocycles. The third-order valence-electron chi connectivity index (χ3n) is 3.09. The van der Waals surface area contributed by atoms with E-state index in [-0.39, 0.29) is 29.4 Å². The maximum Gasteiger partial charge on any atom is 0.240 e. The molecule has 1 aliphatic rings. The second-order valence-electron chi connectivity index (χ2n) is 4.49. The van der Waals surface area contributed by atoms with Crippen molar-refractivity contribution in [3.8, 4) is 0 Å². The fourth-order valence-corrected chi connectivity index (χ4v) is 3.01. The lowest BCUT2D eigenvalue weighted by Gasteiger charge is -2.37. The lowest BCUT2D eigenvalue weighted by atomic mass is 9.78. The summed E-state index contributed by atoms with van der Waals surface area (Å²) in [5.74, 6) is 0. The average Bonchev–Trinajstić information content (AvgIpc) is 2.24. The highest BCUT2D eigenvalue weighted by molar-refractivity contribution is 7.89. The molecule has 1 fully saturated rings. The van der Waals surface area contributed by atoms with Crippen molar-refractivity contribution in [2.24, 2.45) is 5.73 Å². The van der Waals surface area contributed by atoms with E-state index in [0.29, 0.717) is 5.02 Å². The third kappa shape index (κ3) is 3.59. The van der Waals surface area contributed by atoms with Gasteiger partial charge in [0.2, 0.25) is 10.0 Å². The van der Waals surface area contributed by atoms with Gasteiger partial charge in [-0.05, 0) is 43.5 Å². The van der Waals surface area contributed by atoms with Gasteiger partial charge in [-0.15, -0.1) is 12.4 Å². The predicted octanol–water partition coefficient (Wildman–Crippen LogP) is 1.92. The number of sulfonamides is 1. The first kappa shape index (κ1) is 15.7. The van der Waals surface area contributed by atoms with E-state index in [2.05, 4.69) is 4.72 Å². The monoisotopic (exact) mass is 310 g/mol. The molecule has 4 nitrogen and oxygen atoms in total. The Morgan fingerprint density at radius 3 is 2.28 bits per heavy atom. The van der Waals surface area contributed by atoms with E-state index in [1.165, 1.54) is 12.1 Å². The highest BCUT2D eigenvalue weighted by Gasteiger charge is 2.33. The van der Waals surface area contributed by atoms with Crippen molar-refractivity contribution in [1.82, 2.24) is 4.72 Å². The molecule has 102 valence electrons. The quantitative estimate of drug-likeness (QED) is 0.892. The molecule has 0 unspecified atom stereocenters.